The molecule has 0 spiro atoms. The third-order valence-electron chi connectivity index (χ3n) is 4.43. The number of carbonyl (C=O) groups is 3. The first-order valence-corrected chi connectivity index (χ1v) is 9.97. The monoisotopic (exact) mass is 406 g/mol. The molecule has 8 heteroatoms. The van der Waals surface area contributed by atoms with Crippen LogP contribution in [0.15, 0.2) is 48.5 Å². The lowest BCUT2D eigenvalue weighted by Crippen LogP contribution is -2.29. The van der Waals surface area contributed by atoms with Crippen molar-refractivity contribution < 1.29 is 14.4 Å². The molecule has 0 saturated carbocycles. The summed E-state index contributed by atoms with van der Waals surface area (Å²) in [5.74, 6) is -0.727. The number of aromatic nitrogens is 2. The molecule has 2 heterocycles. The second-order valence-electron chi connectivity index (χ2n) is 7.09. The molecule has 1 N–H and O–H groups in total. The number of carbonyl (C=O) groups excluding carboxylic acids is 3. The van der Waals surface area contributed by atoms with Crippen molar-refractivity contribution >= 4 is 39.9 Å². The summed E-state index contributed by atoms with van der Waals surface area (Å²) in [5, 5.41) is 12.1. The molecule has 29 heavy (non-hydrogen) atoms. The van der Waals surface area contributed by atoms with Gasteiger partial charge in [0, 0.05) is 12.0 Å². The van der Waals surface area contributed by atoms with E-state index in [0.29, 0.717) is 33.4 Å². The van der Waals surface area contributed by atoms with Crippen molar-refractivity contribution in [1.29, 1.82) is 0 Å². The number of rotatable bonds is 5. The number of benzene rings is 2. The normalized spacial score (nSPS) is 13.1. The lowest BCUT2D eigenvalue weighted by molar-refractivity contribution is 0.0924. The molecule has 1 aromatic heterocycles. The summed E-state index contributed by atoms with van der Waals surface area (Å²) in [4.78, 5) is 39.0. The van der Waals surface area contributed by atoms with Crippen LogP contribution in [-0.2, 0) is 6.42 Å². The van der Waals surface area contributed by atoms with Gasteiger partial charge in [0.2, 0.25) is 5.13 Å². The average Bonchev–Trinajstić information content (AvgIpc) is 3.24. The second-order valence-corrected chi connectivity index (χ2v) is 8.16. The van der Waals surface area contributed by atoms with Gasteiger partial charge in [-0.2, -0.15) is 0 Å². The zero-order valence-electron chi connectivity index (χ0n) is 15.9. The van der Waals surface area contributed by atoms with Crippen LogP contribution in [0.5, 0.6) is 0 Å². The van der Waals surface area contributed by atoms with Gasteiger partial charge in [0.1, 0.15) is 5.01 Å². The molecule has 0 atom stereocenters. The molecule has 3 aromatic rings. The molecule has 1 aliphatic heterocycles. The topological polar surface area (TPSA) is 92.3 Å². The number of hydrogen-bond acceptors (Lipinski definition) is 6. The first-order valence-electron chi connectivity index (χ1n) is 9.15. The third-order valence-corrected chi connectivity index (χ3v) is 5.29. The molecule has 1 aliphatic rings. The Labute approximate surface area is 171 Å². The predicted octanol–water partition coefficient (Wildman–Crippen LogP) is 3.79. The molecule has 0 unspecified atom stereocenters. The Kier molecular flexibility index (Phi) is 4.94. The van der Waals surface area contributed by atoms with Gasteiger partial charge >= 0.3 is 0 Å². The molecule has 146 valence electrons. The SMILES string of the molecule is CC(C)Cc1nnc(NC(=O)c2cccc(N3C(=O)c4ccccc4C3=O)c2)s1. The fourth-order valence-corrected chi connectivity index (χ4v) is 4.06. The fourth-order valence-electron chi connectivity index (χ4n) is 3.12. The zero-order valence-corrected chi connectivity index (χ0v) is 16.7. The Morgan fingerprint density at radius 2 is 1.72 bits per heavy atom. The van der Waals surface area contributed by atoms with Crippen molar-refractivity contribution in [2.45, 2.75) is 20.3 Å². The van der Waals surface area contributed by atoms with Gasteiger partial charge in [0.15, 0.2) is 0 Å². The van der Waals surface area contributed by atoms with Crippen LogP contribution in [0.2, 0.25) is 0 Å². The van der Waals surface area contributed by atoms with Crippen molar-refractivity contribution in [3.05, 3.63) is 70.2 Å². The van der Waals surface area contributed by atoms with Gasteiger partial charge < -0.3 is 0 Å². The van der Waals surface area contributed by atoms with Crippen molar-refractivity contribution in [1.82, 2.24) is 10.2 Å². The highest BCUT2D eigenvalue weighted by molar-refractivity contribution is 7.15. The summed E-state index contributed by atoms with van der Waals surface area (Å²) in [6.45, 7) is 4.18. The van der Waals surface area contributed by atoms with Gasteiger partial charge in [-0.15, -0.1) is 10.2 Å². The van der Waals surface area contributed by atoms with Gasteiger partial charge in [-0.1, -0.05) is 43.4 Å². The van der Waals surface area contributed by atoms with E-state index in [1.54, 1.807) is 42.5 Å². The number of fused-ring (bicyclic) bond motifs is 1. The fraction of sp³-hybridized carbons (Fsp3) is 0.190. The molecular formula is C21H18N4O3S. The number of hydrogen-bond donors (Lipinski definition) is 1. The molecule has 0 saturated heterocycles. The number of nitrogens with zero attached hydrogens (tertiary/aromatic N) is 3. The zero-order chi connectivity index (χ0) is 20.5. The highest BCUT2D eigenvalue weighted by Gasteiger charge is 2.36. The van der Waals surface area contributed by atoms with Crippen LogP contribution in [0.3, 0.4) is 0 Å². The number of anilines is 2. The van der Waals surface area contributed by atoms with Crippen LogP contribution < -0.4 is 10.2 Å². The molecular weight excluding hydrogens is 388 g/mol. The average molecular weight is 406 g/mol. The molecule has 7 nitrogen and oxygen atoms in total. The van der Waals surface area contributed by atoms with Crippen LogP contribution in [-0.4, -0.2) is 27.9 Å². The van der Waals surface area contributed by atoms with Gasteiger partial charge in [0.05, 0.1) is 16.8 Å². The molecule has 0 bridgehead atoms. The van der Waals surface area contributed by atoms with Crippen LogP contribution in [0, 0.1) is 5.92 Å². The van der Waals surface area contributed by atoms with E-state index < -0.39 is 11.8 Å². The minimum Gasteiger partial charge on any atom is -0.296 e. The van der Waals surface area contributed by atoms with E-state index in [0.717, 1.165) is 16.3 Å². The Balaban J connectivity index is 1.55. The van der Waals surface area contributed by atoms with E-state index in [4.69, 9.17) is 0 Å². The summed E-state index contributed by atoms with van der Waals surface area (Å²) in [5.41, 5.74) is 1.39. The lowest BCUT2D eigenvalue weighted by atomic mass is 10.1. The maximum absolute atomic E-state index is 12.7. The van der Waals surface area contributed by atoms with E-state index in [2.05, 4.69) is 29.4 Å². The summed E-state index contributed by atoms with van der Waals surface area (Å²) in [6, 6.07) is 13.1. The Hall–Kier alpha value is -3.39. The van der Waals surface area contributed by atoms with Crippen LogP contribution in [0.4, 0.5) is 10.8 Å². The number of nitrogens with one attached hydrogen (secondary N) is 1. The third kappa shape index (κ3) is 3.66. The van der Waals surface area contributed by atoms with Gasteiger partial charge in [-0.05, 0) is 36.2 Å². The molecule has 4 rings (SSSR count). The largest absolute Gasteiger partial charge is 0.296 e. The number of amides is 3. The van der Waals surface area contributed by atoms with Crippen molar-refractivity contribution in [2.75, 3.05) is 10.2 Å². The maximum Gasteiger partial charge on any atom is 0.266 e. The Bertz CT molecular complexity index is 1090. The Morgan fingerprint density at radius 3 is 2.38 bits per heavy atom. The molecule has 0 aliphatic carbocycles. The first-order chi connectivity index (χ1) is 13.9. The minimum absolute atomic E-state index is 0.319. The van der Waals surface area contributed by atoms with E-state index >= 15 is 0 Å². The second kappa shape index (κ2) is 7.56. The van der Waals surface area contributed by atoms with Gasteiger partial charge in [-0.25, -0.2) is 4.90 Å². The van der Waals surface area contributed by atoms with Gasteiger partial charge in [-0.3, -0.25) is 19.7 Å². The predicted molar refractivity (Wildman–Crippen MR) is 110 cm³/mol. The first kappa shape index (κ1) is 18.9. The summed E-state index contributed by atoms with van der Waals surface area (Å²) in [6.07, 6.45) is 0.794. The lowest BCUT2D eigenvalue weighted by Gasteiger charge is -2.14. The molecule has 2 aromatic carbocycles. The summed E-state index contributed by atoms with van der Waals surface area (Å²) < 4.78 is 0. The summed E-state index contributed by atoms with van der Waals surface area (Å²) in [7, 11) is 0. The Morgan fingerprint density at radius 1 is 1.03 bits per heavy atom. The molecule has 0 radical (unpaired) electrons. The molecule has 3 amide bonds. The number of imide groups is 1. The van der Waals surface area contributed by atoms with Crippen molar-refractivity contribution in [3.63, 3.8) is 0 Å². The summed E-state index contributed by atoms with van der Waals surface area (Å²) >= 11 is 1.33. The standard InChI is InChI=1S/C21H18N4O3S/c1-12(2)10-17-23-24-21(29-17)22-18(26)13-6-5-7-14(11-13)25-19(27)15-8-3-4-9-16(15)20(25)28/h3-9,11-12H,10H2,1-2H3,(H,22,24,26). The quantitative estimate of drug-likeness (QED) is 0.651. The van der Waals surface area contributed by atoms with E-state index in [1.807, 2.05) is 0 Å². The van der Waals surface area contributed by atoms with Crippen molar-refractivity contribution in [3.8, 4) is 0 Å². The minimum atomic E-state index is -0.398. The highest BCUT2D eigenvalue weighted by Crippen LogP contribution is 2.29. The molecule has 0 fully saturated rings. The van der Waals surface area contributed by atoms with Crippen LogP contribution in [0.1, 0.15) is 49.9 Å². The maximum atomic E-state index is 12.7. The van der Waals surface area contributed by atoms with E-state index in [-0.39, 0.29) is 5.91 Å². The highest BCUT2D eigenvalue weighted by atomic mass is 32.1. The van der Waals surface area contributed by atoms with E-state index in [9.17, 15) is 14.4 Å². The van der Waals surface area contributed by atoms with Gasteiger partial charge in [0.25, 0.3) is 17.7 Å². The van der Waals surface area contributed by atoms with E-state index in [1.165, 1.54) is 17.4 Å². The smallest absolute Gasteiger partial charge is 0.266 e. The van der Waals surface area contributed by atoms with Crippen molar-refractivity contribution in [2.24, 2.45) is 5.92 Å². The van der Waals surface area contributed by atoms with Crippen LogP contribution in [0.25, 0.3) is 0 Å². The van der Waals surface area contributed by atoms with Crippen LogP contribution >= 0.6 is 11.3 Å².